The van der Waals surface area contributed by atoms with E-state index in [1.807, 2.05) is 13.8 Å². The van der Waals surface area contributed by atoms with Gasteiger partial charge >= 0.3 is 0 Å². The van der Waals surface area contributed by atoms with Gasteiger partial charge in [-0.15, -0.1) is 0 Å². The molecule has 13 heavy (non-hydrogen) atoms. The van der Waals surface area contributed by atoms with E-state index in [9.17, 15) is 4.79 Å². The molecular weight excluding hydrogens is 188 g/mol. The van der Waals surface area contributed by atoms with E-state index in [0.29, 0.717) is 6.54 Å². The van der Waals surface area contributed by atoms with E-state index in [0.717, 1.165) is 0 Å². The molecule has 0 saturated carbocycles. The number of hydrogen-bond acceptors (Lipinski definition) is 3. The molecule has 0 spiro atoms. The average Bonchev–Trinajstić information content (AvgIpc) is 1.97. The Morgan fingerprint density at radius 2 is 2.15 bits per heavy atom. The summed E-state index contributed by atoms with van der Waals surface area (Å²) in [7, 11) is 0. The lowest BCUT2D eigenvalue weighted by Crippen LogP contribution is -2.40. The van der Waals surface area contributed by atoms with Crippen LogP contribution in [0.2, 0.25) is 0 Å². The standard InChI is InChI=1S/C8H16N2O2S/c1-6(2)10(3-4-11)8(12)5-7(9)13/h6,11H,3-5H2,1-2H3,(H2,9,13). The highest BCUT2D eigenvalue weighted by Gasteiger charge is 2.16. The Balaban J connectivity index is 4.19. The Morgan fingerprint density at radius 1 is 1.62 bits per heavy atom. The van der Waals surface area contributed by atoms with Gasteiger partial charge in [-0.1, -0.05) is 12.2 Å². The van der Waals surface area contributed by atoms with Crippen LogP contribution < -0.4 is 5.73 Å². The highest BCUT2D eigenvalue weighted by molar-refractivity contribution is 7.80. The number of carbonyl (C=O) groups excluding carboxylic acids is 1. The quantitative estimate of drug-likeness (QED) is 0.613. The third-order valence-corrected chi connectivity index (χ3v) is 1.75. The summed E-state index contributed by atoms with van der Waals surface area (Å²) < 4.78 is 0. The second kappa shape index (κ2) is 5.88. The van der Waals surface area contributed by atoms with E-state index >= 15 is 0 Å². The molecular formula is C8H16N2O2S. The molecule has 0 atom stereocenters. The van der Waals surface area contributed by atoms with Crippen molar-refractivity contribution in [1.29, 1.82) is 0 Å². The lowest BCUT2D eigenvalue weighted by molar-refractivity contribution is -0.132. The monoisotopic (exact) mass is 204 g/mol. The van der Waals surface area contributed by atoms with Gasteiger partial charge in [-0.25, -0.2) is 0 Å². The molecule has 0 aromatic carbocycles. The third kappa shape index (κ3) is 4.80. The maximum Gasteiger partial charge on any atom is 0.229 e. The molecule has 0 aromatic rings. The number of nitrogens with zero attached hydrogens (tertiary/aromatic N) is 1. The van der Waals surface area contributed by atoms with Gasteiger partial charge in [-0.3, -0.25) is 4.79 Å². The van der Waals surface area contributed by atoms with Gasteiger partial charge in [0, 0.05) is 12.6 Å². The predicted octanol–water partition coefficient (Wildman–Crippen LogP) is -0.108. The van der Waals surface area contributed by atoms with Crippen LogP contribution in [0.15, 0.2) is 0 Å². The summed E-state index contributed by atoms with van der Waals surface area (Å²) in [6.07, 6.45) is 0.0769. The smallest absolute Gasteiger partial charge is 0.229 e. The van der Waals surface area contributed by atoms with Crippen molar-refractivity contribution in [3.8, 4) is 0 Å². The first-order valence-corrected chi connectivity index (χ1v) is 4.58. The maximum absolute atomic E-state index is 11.4. The van der Waals surface area contributed by atoms with E-state index < -0.39 is 0 Å². The predicted molar refractivity (Wildman–Crippen MR) is 55.3 cm³/mol. The topological polar surface area (TPSA) is 66.6 Å². The third-order valence-electron chi connectivity index (χ3n) is 1.61. The zero-order chi connectivity index (χ0) is 10.4. The fourth-order valence-corrected chi connectivity index (χ4v) is 1.15. The lowest BCUT2D eigenvalue weighted by Gasteiger charge is -2.25. The van der Waals surface area contributed by atoms with Crippen LogP contribution in [0.25, 0.3) is 0 Å². The van der Waals surface area contributed by atoms with Crippen LogP contribution in [0.3, 0.4) is 0 Å². The minimum Gasteiger partial charge on any atom is -0.395 e. The zero-order valence-electron chi connectivity index (χ0n) is 7.99. The van der Waals surface area contributed by atoms with Crippen molar-refractivity contribution >= 4 is 23.1 Å². The van der Waals surface area contributed by atoms with Crippen LogP contribution in [0, 0.1) is 0 Å². The first kappa shape index (κ1) is 12.3. The van der Waals surface area contributed by atoms with Crippen LogP contribution in [0.1, 0.15) is 20.3 Å². The molecule has 0 heterocycles. The molecule has 0 rings (SSSR count). The van der Waals surface area contributed by atoms with E-state index in [1.54, 1.807) is 4.90 Å². The van der Waals surface area contributed by atoms with Crippen molar-refractivity contribution in [2.45, 2.75) is 26.3 Å². The molecule has 76 valence electrons. The maximum atomic E-state index is 11.4. The molecule has 5 heteroatoms. The van der Waals surface area contributed by atoms with E-state index in [-0.39, 0.29) is 30.0 Å². The molecule has 0 aliphatic rings. The van der Waals surface area contributed by atoms with Crippen molar-refractivity contribution in [2.75, 3.05) is 13.2 Å². The Morgan fingerprint density at radius 3 is 2.46 bits per heavy atom. The van der Waals surface area contributed by atoms with Gasteiger partial charge in [0.1, 0.15) is 0 Å². The van der Waals surface area contributed by atoms with Crippen LogP contribution in [-0.2, 0) is 4.79 Å². The fraction of sp³-hybridized carbons (Fsp3) is 0.750. The summed E-state index contributed by atoms with van der Waals surface area (Å²) in [6.45, 7) is 4.06. The van der Waals surface area contributed by atoms with Gasteiger partial charge in [0.05, 0.1) is 18.0 Å². The van der Waals surface area contributed by atoms with Crippen molar-refractivity contribution in [1.82, 2.24) is 4.90 Å². The highest BCUT2D eigenvalue weighted by Crippen LogP contribution is 2.01. The molecule has 3 N–H and O–H groups in total. The lowest BCUT2D eigenvalue weighted by atomic mass is 10.2. The summed E-state index contributed by atoms with van der Waals surface area (Å²) in [5.74, 6) is -0.128. The summed E-state index contributed by atoms with van der Waals surface area (Å²) >= 11 is 4.63. The van der Waals surface area contributed by atoms with Crippen molar-refractivity contribution < 1.29 is 9.90 Å². The van der Waals surface area contributed by atoms with Gasteiger partial charge in [-0.05, 0) is 13.8 Å². The van der Waals surface area contributed by atoms with Crippen molar-refractivity contribution in [2.24, 2.45) is 5.73 Å². The van der Waals surface area contributed by atoms with Gasteiger partial charge in [-0.2, -0.15) is 0 Å². The molecule has 0 radical (unpaired) electrons. The molecule has 4 nitrogen and oxygen atoms in total. The van der Waals surface area contributed by atoms with Crippen molar-refractivity contribution in [3.05, 3.63) is 0 Å². The number of amides is 1. The van der Waals surface area contributed by atoms with E-state index in [4.69, 9.17) is 10.8 Å². The zero-order valence-corrected chi connectivity index (χ0v) is 8.80. The molecule has 0 aliphatic heterocycles. The number of carbonyl (C=O) groups is 1. The summed E-state index contributed by atoms with van der Waals surface area (Å²) in [5.41, 5.74) is 5.25. The summed E-state index contributed by atoms with van der Waals surface area (Å²) in [5, 5.41) is 8.71. The normalized spacial score (nSPS) is 10.2. The first-order valence-electron chi connectivity index (χ1n) is 4.17. The Labute approximate surface area is 83.7 Å². The van der Waals surface area contributed by atoms with Crippen LogP contribution >= 0.6 is 12.2 Å². The van der Waals surface area contributed by atoms with Gasteiger partial charge in [0.15, 0.2) is 0 Å². The second-order valence-electron chi connectivity index (χ2n) is 3.05. The first-order chi connectivity index (χ1) is 5.99. The van der Waals surface area contributed by atoms with E-state index in [2.05, 4.69) is 12.2 Å². The molecule has 0 aromatic heterocycles. The number of thiocarbonyl (C=S) groups is 1. The van der Waals surface area contributed by atoms with Gasteiger partial charge < -0.3 is 15.7 Å². The molecule has 0 bridgehead atoms. The van der Waals surface area contributed by atoms with Crippen LogP contribution in [0.5, 0.6) is 0 Å². The summed E-state index contributed by atoms with van der Waals surface area (Å²) in [6, 6.07) is 0.0639. The number of hydrogen-bond donors (Lipinski definition) is 2. The Kier molecular flexibility index (Phi) is 5.57. The van der Waals surface area contributed by atoms with Gasteiger partial charge in [0.2, 0.25) is 5.91 Å². The molecule has 0 unspecified atom stereocenters. The largest absolute Gasteiger partial charge is 0.395 e. The number of rotatable bonds is 5. The second-order valence-corrected chi connectivity index (χ2v) is 3.57. The average molecular weight is 204 g/mol. The van der Waals surface area contributed by atoms with Crippen molar-refractivity contribution in [3.63, 3.8) is 0 Å². The number of nitrogens with two attached hydrogens (primary N) is 1. The van der Waals surface area contributed by atoms with Crippen LogP contribution in [-0.4, -0.2) is 40.1 Å². The molecule has 0 fully saturated rings. The van der Waals surface area contributed by atoms with Gasteiger partial charge in [0.25, 0.3) is 0 Å². The number of aliphatic hydroxyl groups is 1. The SMILES string of the molecule is CC(C)N(CCO)C(=O)CC(N)=S. The number of aliphatic hydroxyl groups excluding tert-OH is 1. The minimum absolute atomic E-state index is 0.0404. The van der Waals surface area contributed by atoms with Crippen LogP contribution in [0.4, 0.5) is 0 Å². The minimum atomic E-state index is -0.128. The molecule has 0 saturated heterocycles. The highest BCUT2D eigenvalue weighted by atomic mass is 32.1. The fourth-order valence-electron chi connectivity index (χ4n) is 1.03. The molecule has 1 amide bonds. The van der Waals surface area contributed by atoms with E-state index in [1.165, 1.54) is 0 Å². The summed E-state index contributed by atoms with van der Waals surface area (Å²) in [4.78, 5) is 13.2. The Bertz CT molecular complexity index is 195. The molecule has 0 aliphatic carbocycles. The Hall–Kier alpha value is -0.680.